The van der Waals surface area contributed by atoms with Gasteiger partial charge in [0.05, 0.1) is 6.10 Å². The summed E-state index contributed by atoms with van der Waals surface area (Å²) in [6.45, 7) is 8.36. The molecule has 0 aromatic carbocycles. The maximum Gasteiger partial charge on any atom is 0.119 e. The van der Waals surface area contributed by atoms with Crippen molar-refractivity contribution in [3.8, 4) is 0 Å². The zero-order valence-corrected chi connectivity index (χ0v) is 12.3. The van der Waals surface area contributed by atoms with Crippen LogP contribution in [0.25, 0.3) is 0 Å². The van der Waals surface area contributed by atoms with Crippen molar-refractivity contribution in [1.29, 1.82) is 0 Å². The van der Waals surface area contributed by atoms with Crippen LogP contribution in [-0.2, 0) is 4.74 Å². The second-order valence-corrected chi connectivity index (χ2v) is 7.86. The lowest BCUT2D eigenvalue weighted by Gasteiger charge is -2.49. The van der Waals surface area contributed by atoms with Crippen LogP contribution in [0.2, 0.25) is 0 Å². The second kappa shape index (κ2) is 4.49. The highest BCUT2D eigenvalue weighted by molar-refractivity contribution is 4.95. The van der Waals surface area contributed by atoms with Crippen molar-refractivity contribution >= 4 is 0 Å². The molecule has 1 heterocycles. The monoisotopic (exact) mass is 251 g/mol. The molecular weight excluding hydrogens is 222 g/mol. The van der Waals surface area contributed by atoms with Crippen LogP contribution < -0.4 is 5.32 Å². The van der Waals surface area contributed by atoms with Crippen molar-refractivity contribution in [2.24, 2.45) is 17.3 Å². The second-order valence-electron chi connectivity index (χ2n) is 7.86. The third-order valence-corrected chi connectivity index (χ3v) is 5.67. The van der Waals surface area contributed by atoms with E-state index >= 15 is 0 Å². The largest absolute Gasteiger partial charge is 0.357 e. The van der Waals surface area contributed by atoms with E-state index in [1.54, 1.807) is 0 Å². The van der Waals surface area contributed by atoms with E-state index in [0.717, 1.165) is 11.8 Å². The smallest absolute Gasteiger partial charge is 0.119 e. The van der Waals surface area contributed by atoms with Crippen molar-refractivity contribution in [2.45, 2.75) is 77.5 Å². The molecule has 104 valence electrons. The van der Waals surface area contributed by atoms with Gasteiger partial charge < -0.3 is 4.74 Å². The van der Waals surface area contributed by atoms with E-state index < -0.39 is 0 Å². The minimum atomic E-state index is 0.0489. The molecule has 2 unspecified atom stereocenters. The van der Waals surface area contributed by atoms with Crippen molar-refractivity contribution in [3.05, 3.63) is 0 Å². The van der Waals surface area contributed by atoms with Gasteiger partial charge in [0.1, 0.15) is 5.72 Å². The van der Waals surface area contributed by atoms with Crippen molar-refractivity contribution in [3.63, 3.8) is 0 Å². The molecular formula is C16H29NO. The zero-order chi connectivity index (χ0) is 12.8. The third-order valence-electron chi connectivity index (χ3n) is 5.67. The molecule has 2 nitrogen and oxygen atoms in total. The van der Waals surface area contributed by atoms with Gasteiger partial charge in [-0.3, -0.25) is 5.32 Å². The lowest BCUT2D eigenvalue weighted by atomic mass is 9.70. The molecule has 1 aliphatic heterocycles. The van der Waals surface area contributed by atoms with Crippen LogP contribution in [0.5, 0.6) is 0 Å². The van der Waals surface area contributed by atoms with Gasteiger partial charge >= 0.3 is 0 Å². The predicted molar refractivity (Wildman–Crippen MR) is 74.4 cm³/mol. The van der Waals surface area contributed by atoms with Gasteiger partial charge in [0.25, 0.3) is 0 Å². The first-order valence-electron chi connectivity index (χ1n) is 7.91. The molecule has 18 heavy (non-hydrogen) atoms. The predicted octanol–water partition coefficient (Wildman–Crippen LogP) is 3.71. The number of hydrogen-bond acceptors (Lipinski definition) is 2. The van der Waals surface area contributed by atoms with Crippen LogP contribution in [0.1, 0.15) is 65.7 Å². The zero-order valence-electron chi connectivity index (χ0n) is 12.3. The Hall–Kier alpha value is -0.0800. The van der Waals surface area contributed by atoms with Crippen LogP contribution in [0.3, 0.4) is 0 Å². The number of nitrogens with one attached hydrogen (secondary N) is 1. The summed E-state index contributed by atoms with van der Waals surface area (Å²) in [5.74, 6) is 1.67. The summed E-state index contributed by atoms with van der Waals surface area (Å²) in [5.41, 5.74) is 0.513. The van der Waals surface area contributed by atoms with E-state index in [1.165, 1.54) is 51.5 Å². The highest BCUT2D eigenvalue weighted by Gasteiger charge is 2.46. The minimum Gasteiger partial charge on any atom is -0.357 e. The topological polar surface area (TPSA) is 21.3 Å². The highest BCUT2D eigenvalue weighted by atomic mass is 16.5. The summed E-state index contributed by atoms with van der Waals surface area (Å²) in [6, 6.07) is 0. The van der Waals surface area contributed by atoms with E-state index in [1.807, 2.05) is 0 Å². The maximum absolute atomic E-state index is 6.49. The van der Waals surface area contributed by atoms with Gasteiger partial charge in [-0.15, -0.1) is 0 Å². The Labute approximate surface area is 112 Å². The Bertz CT molecular complexity index is 299. The fourth-order valence-corrected chi connectivity index (χ4v) is 4.28. The number of hydrogen-bond donors (Lipinski definition) is 1. The fourth-order valence-electron chi connectivity index (χ4n) is 4.28. The first-order valence-corrected chi connectivity index (χ1v) is 7.91. The van der Waals surface area contributed by atoms with E-state index in [2.05, 4.69) is 26.1 Å². The third kappa shape index (κ3) is 2.34. The fraction of sp³-hybridized carbons (Fsp3) is 1.00. The number of fused-ring (bicyclic) bond motifs is 1. The molecule has 0 radical (unpaired) electrons. The molecule has 0 aromatic heterocycles. The van der Waals surface area contributed by atoms with Gasteiger partial charge in [-0.25, -0.2) is 0 Å². The summed E-state index contributed by atoms with van der Waals surface area (Å²) in [4.78, 5) is 0. The molecule has 3 aliphatic rings. The molecule has 0 amide bonds. The number of ether oxygens (including phenoxy) is 1. The Balaban J connectivity index is 1.61. The first-order chi connectivity index (χ1) is 8.49. The van der Waals surface area contributed by atoms with Crippen LogP contribution in [0.4, 0.5) is 0 Å². The Morgan fingerprint density at radius 2 is 1.78 bits per heavy atom. The standard InChI is InChI=1S/C16H29NO/c1-15(2,3)13-7-9-16(10-8-13)17-11-12-5-4-6-14(12)18-16/h12-14,17H,4-11H2,1-3H3. The van der Waals surface area contributed by atoms with Gasteiger partial charge in [-0.2, -0.15) is 0 Å². The summed E-state index contributed by atoms with van der Waals surface area (Å²) in [5, 5.41) is 3.76. The first kappa shape index (κ1) is 12.9. The minimum absolute atomic E-state index is 0.0489. The lowest BCUT2D eigenvalue weighted by molar-refractivity contribution is -0.180. The van der Waals surface area contributed by atoms with Gasteiger partial charge in [-0.1, -0.05) is 27.2 Å². The molecule has 2 atom stereocenters. The van der Waals surface area contributed by atoms with E-state index in [-0.39, 0.29) is 5.72 Å². The van der Waals surface area contributed by atoms with Gasteiger partial charge in [0.2, 0.25) is 0 Å². The van der Waals surface area contributed by atoms with E-state index in [0.29, 0.717) is 11.5 Å². The molecule has 0 bridgehead atoms. The Kier molecular flexibility index (Phi) is 3.22. The molecule has 3 fully saturated rings. The molecule has 1 saturated heterocycles. The van der Waals surface area contributed by atoms with Crippen LogP contribution in [0.15, 0.2) is 0 Å². The Morgan fingerprint density at radius 1 is 1.06 bits per heavy atom. The summed E-state index contributed by atoms with van der Waals surface area (Å²) >= 11 is 0. The molecule has 1 N–H and O–H groups in total. The maximum atomic E-state index is 6.49. The lowest BCUT2D eigenvalue weighted by Crippen LogP contribution is -2.59. The van der Waals surface area contributed by atoms with Gasteiger partial charge in [0, 0.05) is 6.54 Å². The average Bonchev–Trinajstić information content (AvgIpc) is 2.75. The van der Waals surface area contributed by atoms with Crippen molar-refractivity contribution in [1.82, 2.24) is 5.32 Å². The molecule has 0 aromatic rings. The number of rotatable bonds is 0. The molecule has 2 saturated carbocycles. The van der Waals surface area contributed by atoms with Crippen molar-refractivity contribution in [2.75, 3.05) is 6.54 Å². The van der Waals surface area contributed by atoms with Gasteiger partial charge in [-0.05, 0) is 55.8 Å². The van der Waals surface area contributed by atoms with Crippen LogP contribution in [-0.4, -0.2) is 18.4 Å². The SMILES string of the molecule is CC(C)(C)C1CCC2(CC1)NCC1CCCC1O2. The summed E-state index contributed by atoms with van der Waals surface area (Å²) in [6.07, 6.45) is 9.71. The van der Waals surface area contributed by atoms with Gasteiger partial charge in [0.15, 0.2) is 0 Å². The highest BCUT2D eigenvalue weighted by Crippen LogP contribution is 2.45. The van der Waals surface area contributed by atoms with E-state index in [9.17, 15) is 0 Å². The molecule has 3 rings (SSSR count). The molecule has 2 heteroatoms. The average molecular weight is 251 g/mol. The van der Waals surface area contributed by atoms with E-state index in [4.69, 9.17) is 4.74 Å². The summed E-state index contributed by atoms with van der Waals surface area (Å²) < 4.78 is 6.49. The molecule has 1 spiro atoms. The quantitative estimate of drug-likeness (QED) is 0.708. The van der Waals surface area contributed by atoms with Crippen LogP contribution >= 0.6 is 0 Å². The van der Waals surface area contributed by atoms with Crippen molar-refractivity contribution < 1.29 is 4.74 Å². The normalized spacial score (nSPS) is 45.2. The van der Waals surface area contributed by atoms with Crippen LogP contribution in [0, 0.1) is 17.3 Å². The summed E-state index contributed by atoms with van der Waals surface area (Å²) in [7, 11) is 0. The Morgan fingerprint density at radius 3 is 2.44 bits per heavy atom. The molecule has 2 aliphatic carbocycles.